The molecule has 0 bridgehead atoms. The lowest BCUT2D eigenvalue weighted by molar-refractivity contribution is -0.123. The number of carbonyl (C=O) groups excluding carboxylic acids is 3. The molecule has 0 saturated carbocycles. The number of nitrogens with one attached hydrogen (secondary N) is 1. The summed E-state index contributed by atoms with van der Waals surface area (Å²) in [5, 5.41) is 11.5. The molecule has 0 fully saturated rings. The number of anilines is 1. The van der Waals surface area contributed by atoms with Gasteiger partial charge in [0.05, 0.1) is 22.8 Å². The maximum Gasteiger partial charge on any atom is 0.339 e. The van der Waals surface area contributed by atoms with E-state index in [9.17, 15) is 14.4 Å². The van der Waals surface area contributed by atoms with Crippen LogP contribution in [0.15, 0.2) is 72.8 Å². The summed E-state index contributed by atoms with van der Waals surface area (Å²) in [6.07, 6.45) is -1.05. The minimum Gasteiger partial charge on any atom is -0.454 e. The van der Waals surface area contributed by atoms with Gasteiger partial charge in [-0.2, -0.15) is 5.26 Å². The first-order chi connectivity index (χ1) is 15.9. The summed E-state index contributed by atoms with van der Waals surface area (Å²) in [5.41, 5.74) is 3.17. The van der Waals surface area contributed by atoms with Crippen LogP contribution in [0, 0.1) is 11.3 Å². The molecular formula is C26H20N2O5. The van der Waals surface area contributed by atoms with Crippen molar-refractivity contribution in [2.75, 3.05) is 5.32 Å². The van der Waals surface area contributed by atoms with Gasteiger partial charge in [0.15, 0.2) is 6.10 Å². The minimum absolute atomic E-state index is 0.244. The monoisotopic (exact) mass is 440 g/mol. The van der Waals surface area contributed by atoms with Crippen LogP contribution in [0.3, 0.4) is 0 Å². The summed E-state index contributed by atoms with van der Waals surface area (Å²) < 4.78 is 10.9. The number of esters is 2. The lowest BCUT2D eigenvalue weighted by Crippen LogP contribution is -2.30. The number of benzene rings is 3. The first-order valence-electron chi connectivity index (χ1n) is 10.4. The van der Waals surface area contributed by atoms with Crippen LogP contribution in [0.2, 0.25) is 0 Å². The average Bonchev–Trinajstić information content (AvgIpc) is 2.84. The Hall–Kier alpha value is -4.44. The van der Waals surface area contributed by atoms with Crippen molar-refractivity contribution in [2.24, 2.45) is 0 Å². The average molecular weight is 440 g/mol. The van der Waals surface area contributed by atoms with Crippen LogP contribution < -0.4 is 5.32 Å². The van der Waals surface area contributed by atoms with E-state index in [4.69, 9.17) is 14.7 Å². The molecule has 2 atom stereocenters. The zero-order valence-corrected chi connectivity index (χ0v) is 17.8. The van der Waals surface area contributed by atoms with Crippen molar-refractivity contribution >= 4 is 23.5 Å². The third-order valence-corrected chi connectivity index (χ3v) is 5.32. The first kappa shape index (κ1) is 21.8. The number of rotatable bonds is 5. The normalized spacial score (nSPS) is 15.4. The Balaban J connectivity index is 1.44. The van der Waals surface area contributed by atoms with Gasteiger partial charge in [0.25, 0.3) is 5.91 Å². The van der Waals surface area contributed by atoms with Gasteiger partial charge < -0.3 is 14.8 Å². The molecule has 1 amide bonds. The number of hydrogen-bond donors (Lipinski definition) is 1. The molecular weight excluding hydrogens is 420 g/mol. The van der Waals surface area contributed by atoms with Gasteiger partial charge in [0, 0.05) is 12.1 Å². The molecule has 1 N–H and O–H groups in total. The first-order valence-corrected chi connectivity index (χ1v) is 10.4. The number of fused-ring (bicyclic) bond motifs is 1. The quantitative estimate of drug-likeness (QED) is 0.596. The van der Waals surface area contributed by atoms with Gasteiger partial charge in [0.2, 0.25) is 0 Å². The fourth-order valence-electron chi connectivity index (χ4n) is 3.53. The summed E-state index contributed by atoms with van der Waals surface area (Å²) in [4.78, 5) is 37.5. The van der Waals surface area contributed by atoms with E-state index in [1.165, 1.54) is 19.1 Å². The fraction of sp³-hybridized carbons (Fsp3) is 0.154. The van der Waals surface area contributed by atoms with Crippen molar-refractivity contribution in [3.63, 3.8) is 0 Å². The molecule has 1 aliphatic heterocycles. The van der Waals surface area contributed by atoms with Crippen molar-refractivity contribution in [3.8, 4) is 6.07 Å². The number of hydrogen-bond acceptors (Lipinski definition) is 6. The molecule has 2 unspecified atom stereocenters. The van der Waals surface area contributed by atoms with Gasteiger partial charge in [-0.05, 0) is 60.5 Å². The molecule has 0 radical (unpaired) electrons. The van der Waals surface area contributed by atoms with Crippen molar-refractivity contribution < 1.29 is 23.9 Å². The fourth-order valence-corrected chi connectivity index (χ4v) is 3.53. The molecule has 1 aliphatic rings. The lowest BCUT2D eigenvalue weighted by Gasteiger charge is -2.25. The van der Waals surface area contributed by atoms with Crippen molar-refractivity contribution in [2.45, 2.75) is 25.6 Å². The lowest BCUT2D eigenvalue weighted by atomic mass is 9.93. The Bertz CT molecular complexity index is 1250. The highest BCUT2D eigenvalue weighted by atomic mass is 16.6. The molecule has 0 saturated heterocycles. The molecule has 164 valence electrons. The Morgan fingerprint density at radius 1 is 1.09 bits per heavy atom. The second kappa shape index (κ2) is 9.37. The zero-order chi connectivity index (χ0) is 23.4. The van der Waals surface area contributed by atoms with Crippen LogP contribution in [0.4, 0.5) is 5.69 Å². The Kier molecular flexibility index (Phi) is 6.18. The van der Waals surface area contributed by atoms with Crippen LogP contribution in [-0.2, 0) is 20.7 Å². The van der Waals surface area contributed by atoms with Gasteiger partial charge >= 0.3 is 11.9 Å². The van der Waals surface area contributed by atoms with E-state index in [0.717, 1.165) is 5.56 Å². The van der Waals surface area contributed by atoms with Crippen LogP contribution >= 0.6 is 0 Å². The molecule has 3 aromatic rings. The topological polar surface area (TPSA) is 105 Å². The molecule has 4 rings (SSSR count). The van der Waals surface area contributed by atoms with E-state index < -0.39 is 30.1 Å². The number of carbonyl (C=O) groups is 3. The van der Waals surface area contributed by atoms with Gasteiger partial charge in [-0.1, -0.05) is 30.3 Å². The van der Waals surface area contributed by atoms with Crippen molar-refractivity contribution in [3.05, 3.63) is 101 Å². The highest BCUT2D eigenvalue weighted by Crippen LogP contribution is 2.31. The van der Waals surface area contributed by atoms with Gasteiger partial charge in [0.1, 0.15) is 6.10 Å². The van der Waals surface area contributed by atoms with Crippen molar-refractivity contribution in [1.29, 1.82) is 5.26 Å². The SMILES string of the molecule is CC(OC(=O)c1ccc2c(c1)CC(c1ccccc1)OC2=O)C(=O)Nc1ccc(C#N)cc1. The van der Waals surface area contributed by atoms with E-state index in [-0.39, 0.29) is 5.56 Å². The Morgan fingerprint density at radius 2 is 1.82 bits per heavy atom. The summed E-state index contributed by atoms with van der Waals surface area (Å²) in [6, 6.07) is 22.4. The Labute approximate surface area is 190 Å². The van der Waals surface area contributed by atoms with E-state index in [0.29, 0.717) is 28.8 Å². The predicted octanol–water partition coefficient (Wildman–Crippen LogP) is 4.20. The maximum absolute atomic E-state index is 12.7. The van der Waals surface area contributed by atoms with Crippen molar-refractivity contribution in [1.82, 2.24) is 0 Å². The maximum atomic E-state index is 12.7. The second-order valence-electron chi connectivity index (χ2n) is 7.61. The molecule has 33 heavy (non-hydrogen) atoms. The van der Waals surface area contributed by atoms with Gasteiger partial charge in [-0.3, -0.25) is 4.79 Å². The molecule has 7 nitrogen and oxygen atoms in total. The molecule has 7 heteroatoms. The standard InChI is InChI=1S/C26H20N2O5/c1-16(24(29)28-21-10-7-17(15-27)8-11-21)32-25(30)19-9-12-22-20(13-19)14-23(33-26(22)31)18-5-3-2-4-6-18/h2-13,16,23H,14H2,1H3,(H,28,29). The third-order valence-electron chi connectivity index (χ3n) is 5.32. The summed E-state index contributed by atoms with van der Waals surface area (Å²) in [5.74, 6) is -1.62. The molecule has 0 aliphatic carbocycles. The van der Waals surface area contributed by atoms with E-state index in [1.807, 2.05) is 36.4 Å². The van der Waals surface area contributed by atoms with Crippen LogP contribution in [0.25, 0.3) is 0 Å². The summed E-state index contributed by atoms with van der Waals surface area (Å²) >= 11 is 0. The molecule has 0 spiro atoms. The largest absolute Gasteiger partial charge is 0.454 e. The number of cyclic esters (lactones) is 1. The van der Waals surface area contributed by atoms with Gasteiger partial charge in [-0.25, -0.2) is 9.59 Å². The summed E-state index contributed by atoms with van der Waals surface area (Å²) in [7, 11) is 0. The van der Waals surface area contributed by atoms with E-state index in [1.54, 1.807) is 30.3 Å². The number of ether oxygens (including phenoxy) is 2. The Morgan fingerprint density at radius 3 is 2.52 bits per heavy atom. The smallest absolute Gasteiger partial charge is 0.339 e. The molecule has 3 aromatic carbocycles. The van der Waals surface area contributed by atoms with Crippen LogP contribution in [0.5, 0.6) is 0 Å². The predicted molar refractivity (Wildman–Crippen MR) is 119 cm³/mol. The summed E-state index contributed by atoms with van der Waals surface area (Å²) in [6.45, 7) is 1.47. The highest BCUT2D eigenvalue weighted by molar-refractivity contribution is 5.98. The van der Waals surface area contributed by atoms with Crippen LogP contribution in [0.1, 0.15) is 50.4 Å². The zero-order valence-electron chi connectivity index (χ0n) is 17.8. The van der Waals surface area contributed by atoms with Crippen LogP contribution in [-0.4, -0.2) is 23.9 Å². The highest BCUT2D eigenvalue weighted by Gasteiger charge is 2.29. The second-order valence-corrected chi connectivity index (χ2v) is 7.61. The van der Waals surface area contributed by atoms with Gasteiger partial charge in [-0.15, -0.1) is 0 Å². The number of nitrogens with zero attached hydrogens (tertiary/aromatic N) is 1. The molecule has 1 heterocycles. The minimum atomic E-state index is -1.05. The number of amides is 1. The van der Waals surface area contributed by atoms with E-state index in [2.05, 4.69) is 5.32 Å². The van der Waals surface area contributed by atoms with E-state index >= 15 is 0 Å². The third kappa shape index (κ3) is 4.91. The molecule has 0 aromatic heterocycles. The number of nitriles is 1.